The lowest BCUT2D eigenvalue weighted by atomic mass is 10.1. The fraction of sp³-hybridized carbons (Fsp3) is 0.312. The minimum Gasteiger partial charge on any atom is -0.481 e. The number of aromatic nitrogens is 1. The van der Waals surface area contributed by atoms with Crippen molar-refractivity contribution in [2.24, 2.45) is 0 Å². The molecule has 4 heteroatoms. The molecular weight excluding hydrogens is 252 g/mol. The maximum atomic E-state index is 5.49. The number of nitrogens with one attached hydrogen (secondary N) is 1. The van der Waals surface area contributed by atoms with Gasteiger partial charge >= 0.3 is 0 Å². The Hall–Kier alpha value is -2.07. The lowest BCUT2D eigenvalue weighted by Crippen LogP contribution is -2.05. The Kier molecular flexibility index (Phi) is 5.38. The van der Waals surface area contributed by atoms with Crippen LogP contribution in [0.5, 0.6) is 5.88 Å². The zero-order valence-electron chi connectivity index (χ0n) is 11.9. The Morgan fingerprint density at radius 3 is 2.60 bits per heavy atom. The van der Waals surface area contributed by atoms with E-state index in [9.17, 15) is 0 Å². The van der Waals surface area contributed by atoms with E-state index in [2.05, 4.69) is 22.4 Å². The van der Waals surface area contributed by atoms with E-state index in [1.54, 1.807) is 7.11 Å². The first-order valence-corrected chi connectivity index (χ1v) is 6.73. The highest BCUT2D eigenvalue weighted by atomic mass is 16.5. The van der Waals surface area contributed by atoms with Gasteiger partial charge in [-0.25, -0.2) is 0 Å². The van der Waals surface area contributed by atoms with E-state index in [0.29, 0.717) is 19.0 Å². The zero-order chi connectivity index (χ0) is 14.2. The SMILES string of the molecule is CCOCc1ccccc1CNc1cccc(OC)n1. The third-order valence-electron chi connectivity index (χ3n) is 2.97. The molecule has 0 bridgehead atoms. The molecule has 0 amide bonds. The summed E-state index contributed by atoms with van der Waals surface area (Å²) >= 11 is 0. The highest BCUT2D eigenvalue weighted by Crippen LogP contribution is 2.14. The number of pyridine rings is 1. The molecule has 0 unspecified atom stereocenters. The number of benzene rings is 1. The fourth-order valence-corrected chi connectivity index (χ4v) is 1.90. The summed E-state index contributed by atoms with van der Waals surface area (Å²) in [4.78, 5) is 4.33. The lowest BCUT2D eigenvalue weighted by molar-refractivity contribution is 0.133. The molecule has 0 aliphatic rings. The van der Waals surface area contributed by atoms with Crippen molar-refractivity contribution in [2.45, 2.75) is 20.1 Å². The minimum atomic E-state index is 0.609. The largest absolute Gasteiger partial charge is 0.481 e. The van der Waals surface area contributed by atoms with Crippen LogP contribution in [0.1, 0.15) is 18.1 Å². The van der Waals surface area contributed by atoms with Gasteiger partial charge in [0.25, 0.3) is 0 Å². The Balaban J connectivity index is 2.02. The first kappa shape index (κ1) is 14.3. The van der Waals surface area contributed by atoms with Crippen molar-refractivity contribution in [3.8, 4) is 5.88 Å². The molecular formula is C16H20N2O2. The molecule has 2 aromatic rings. The standard InChI is InChI=1S/C16H20N2O2/c1-3-20-12-14-8-5-4-7-13(14)11-17-15-9-6-10-16(18-15)19-2/h4-10H,3,11-12H2,1-2H3,(H,17,18). The minimum absolute atomic E-state index is 0.609. The third-order valence-corrected chi connectivity index (χ3v) is 2.97. The van der Waals surface area contributed by atoms with Crippen LogP contribution in [-0.2, 0) is 17.9 Å². The molecule has 0 aliphatic carbocycles. The molecule has 0 aliphatic heterocycles. The van der Waals surface area contributed by atoms with Gasteiger partial charge in [-0.2, -0.15) is 4.98 Å². The summed E-state index contributed by atoms with van der Waals surface area (Å²) in [5.74, 6) is 1.41. The van der Waals surface area contributed by atoms with Gasteiger partial charge in [-0.3, -0.25) is 0 Å². The molecule has 106 valence electrons. The van der Waals surface area contributed by atoms with Gasteiger partial charge in [-0.15, -0.1) is 0 Å². The quantitative estimate of drug-likeness (QED) is 0.840. The van der Waals surface area contributed by atoms with Crippen LogP contribution in [0.3, 0.4) is 0 Å². The molecule has 4 nitrogen and oxygen atoms in total. The summed E-state index contributed by atoms with van der Waals surface area (Å²) in [6.45, 7) is 4.07. The number of methoxy groups -OCH3 is 1. The molecule has 1 N–H and O–H groups in total. The smallest absolute Gasteiger partial charge is 0.214 e. The second-order valence-corrected chi connectivity index (χ2v) is 4.32. The number of anilines is 1. The highest BCUT2D eigenvalue weighted by molar-refractivity contribution is 5.39. The molecule has 1 aromatic carbocycles. The van der Waals surface area contributed by atoms with Crippen molar-refractivity contribution < 1.29 is 9.47 Å². The number of rotatable bonds is 7. The van der Waals surface area contributed by atoms with Gasteiger partial charge < -0.3 is 14.8 Å². The van der Waals surface area contributed by atoms with Crippen molar-refractivity contribution in [2.75, 3.05) is 19.0 Å². The van der Waals surface area contributed by atoms with Crippen LogP contribution in [0, 0.1) is 0 Å². The predicted octanol–water partition coefficient (Wildman–Crippen LogP) is 3.24. The first-order valence-electron chi connectivity index (χ1n) is 6.73. The van der Waals surface area contributed by atoms with E-state index in [-0.39, 0.29) is 0 Å². The molecule has 1 heterocycles. The molecule has 0 saturated heterocycles. The zero-order valence-corrected chi connectivity index (χ0v) is 11.9. The van der Waals surface area contributed by atoms with Crippen LogP contribution in [0.15, 0.2) is 42.5 Å². The van der Waals surface area contributed by atoms with Crippen LogP contribution >= 0.6 is 0 Å². The van der Waals surface area contributed by atoms with E-state index in [0.717, 1.165) is 12.4 Å². The molecule has 0 fully saturated rings. The summed E-state index contributed by atoms with van der Waals surface area (Å²) in [6, 6.07) is 13.9. The second-order valence-electron chi connectivity index (χ2n) is 4.32. The summed E-state index contributed by atoms with van der Waals surface area (Å²) in [5, 5.41) is 3.31. The summed E-state index contributed by atoms with van der Waals surface area (Å²) in [6.07, 6.45) is 0. The van der Waals surface area contributed by atoms with Gasteiger partial charge in [-0.05, 0) is 24.1 Å². The Morgan fingerprint density at radius 1 is 1.05 bits per heavy atom. The van der Waals surface area contributed by atoms with Crippen LogP contribution < -0.4 is 10.1 Å². The second kappa shape index (κ2) is 7.50. The van der Waals surface area contributed by atoms with Gasteiger partial charge in [0.15, 0.2) is 0 Å². The average Bonchev–Trinajstić information content (AvgIpc) is 2.52. The fourth-order valence-electron chi connectivity index (χ4n) is 1.90. The summed E-state index contributed by atoms with van der Waals surface area (Å²) < 4.78 is 10.6. The summed E-state index contributed by atoms with van der Waals surface area (Å²) in [7, 11) is 1.61. The van der Waals surface area contributed by atoms with Gasteiger partial charge in [0.05, 0.1) is 13.7 Å². The van der Waals surface area contributed by atoms with Crippen LogP contribution in [0.25, 0.3) is 0 Å². The normalized spacial score (nSPS) is 10.3. The Morgan fingerprint density at radius 2 is 1.85 bits per heavy atom. The van der Waals surface area contributed by atoms with Gasteiger partial charge in [0.2, 0.25) is 5.88 Å². The highest BCUT2D eigenvalue weighted by Gasteiger charge is 2.03. The van der Waals surface area contributed by atoms with Crippen molar-refractivity contribution in [1.82, 2.24) is 4.98 Å². The molecule has 2 rings (SSSR count). The van der Waals surface area contributed by atoms with Gasteiger partial charge in [-0.1, -0.05) is 30.3 Å². The molecule has 1 aromatic heterocycles. The first-order chi connectivity index (χ1) is 9.83. The Labute approximate surface area is 119 Å². The van der Waals surface area contributed by atoms with E-state index in [1.165, 1.54) is 11.1 Å². The Bertz CT molecular complexity index is 544. The van der Waals surface area contributed by atoms with Crippen LogP contribution in [0.4, 0.5) is 5.82 Å². The van der Waals surface area contributed by atoms with Crippen molar-refractivity contribution in [3.63, 3.8) is 0 Å². The third kappa shape index (κ3) is 3.96. The molecule has 0 atom stereocenters. The number of ether oxygens (including phenoxy) is 2. The maximum absolute atomic E-state index is 5.49. The monoisotopic (exact) mass is 272 g/mol. The summed E-state index contributed by atoms with van der Waals surface area (Å²) in [5.41, 5.74) is 2.41. The average molecular weight is 272 g/mol. The lowest BCUT2D eigenvalue weighted by Gasteiger charge is -2.11. The van der Waals surface area contributed by atoms with Crippen molar-refractivity contribution in [3.05, 3.63) is 53.6 Å². The predicted molar refractivity (Wildman–Crippen MR) is 79.9 cm³/mol. The topological polar surface area (TPSA) is 43.4 Å². The van der Waals surface area contributed by atoms with Crippen molar-refractivity contribution >= 4 is 5.82 Å². The molecule has 0 saturated carbocycles. The molecule has 0 spiro atoms. The molecule has 20 heavy (non-hydrogen) atoms. The van der Waals surface area contributed by atoms with Crippen molar-refractivity contribution in [1.29, 1.82) is 0 Å². The van der Waals surface area contributed by atoms with E-state index in [1.807, 2.05) is 37.3 Å². The van der Waals surface area contributed by atoms with Crippen LogP contribution in [-0.4, -0.2) is 18.7 Å². The molecule has 0 radical (unpaired) electrons. The van der Waals surface area contributed by atoms with Gasteiger partial charge in [0.1, 0.15) is 5.82 Å². The van der Waals surface area contributed by atoms with E-state index in [4.69, 9.17) is 9.47 Å². The van der Waals surface area contributed by atoms with Crippen LogP contribution in [0.2, 0.25) is 0 Å². The maximum Gasteiger partial charge on any atom is 0.214 e. The van der Waals surface area contributed by atoms with Gasteiger partial charge in [0, 0.05) is 19.2 Å². The number of hydrogen-bond donors (Lipinski definition) is 1. The van der Waals surface area contributed by atoms with E-state index < -0.39 is 0 Å². The number of hydrogen-bond acceptors (Lipinski definition) is 4. The number of nitrogens with zero attached hydrogens (tertiary/aromatic N) is 1. The van der Waals surface area contributed by atoms with E-state index >= 15 is 0 Å².